The summed E-state index contributed by atoms with van der Waals surface area (Å²) in [6.07, 6.45) is 0. The van der Waals surface area contributed by atoms with E-state index in [0.29, 0.717) is 18.1 Å². The van der Waals surface area contributed by atoms with E-state index in [4.69, 9.17) is 21.1 Å². The molecular weight excluding hydrogens is 429 g/mol. The fraction of sp³-hybridized carbons (Fsp3) is 0.182. The first kappa shape index (κ1) is 21.9. The molecular formula is C22H21ClFNO4S. The number of para-hydroxylation sites is 2. The lowest BCUT2D eigenvalue weighted by Gasteiger charge is -2.27. The highest BCUT2D eigenvalue weighted by atomic mass is 35.5. The molecule has 0 aromatic heterocycles. The van der Waals surface area contributed by atoms with E-state index in [1.54, 1.807) is 43.3 Å². The van der Waals surface area contributed by atoms with Crippen LogP contribution >= 0.6 is 11.6 Å². The van der Waals surface area contributed by atoms with Crippen LogP contribution in [-0.4, -0.2) is 22.1 Å². The Kier molecular flexibility index (Phi) is 6.84. The molecule has 0 fully saturated rings. The molecule has 0 heterocycles. The minimum atomic E-state index is -4.08. The van der Waals surface area contributed by atoms with Crippen LogP contribution in [0.5, 0.6) is 11.5 Å². The number of hydrogen-bond acceptors (Lipinski definition) is 4. The summed E-state index contributed by atoms with van der Waals surface area (Å²) >= 11 is 6.19. The molecule has 0 atom stereocenters. The third-order valence-corrected chi connectivity index (χ3v) is 6.57. The van der Waals surface area contributed by atoms with Gasteiger partial charge in [0.05, 0.1) is 30.8 Å². The molecule has 3 aromatic carbocycles. The Morgan fingerprint density at radius 2 is 1.70 bits per heavy atom. The third kappa shape index (κ3) is 4.52. The van der Waals surface area contributed by atoms with Crippen LogP contribution in [0.3, 0.4) is 0 Å². The van der Waals surface area contributed by atoms with Crippen LogP contribution < -0.4 is 13.8 Å². The smallest absolute Gasteiger partial charge is 0.264 e. The van der Waals surface area contributed by atoms with E-state index in [1.165, 1.54) is 37.4 Å². The van der Waals surface area contributed by atoms with Crippen molar-refractivity contribution in [2.45, 2.75) is 18.4 Å². The van der Waals surface area contributed by atoms with E-state index in [2.05, 4.69) is 0 Å². The first-order valence-electron chi connectivity index (χ1n) is 9.20. The zero-order valence-corrected chi connectivity index (χ0v) is 18.1. The van der Waals surface area contributed by atoms with Crippen LogP contribution in [0.1, 0.15) is 12.5 Å². The standard InChI is InChI=1S/C22H21ClFNO4S/c1-3-29-22-10-5-4-9-21(22)25(15-18-19(23)7-6-8-20(18)24)30(26,27)17-13-11-16(28-2)12-14-17/h4-14H,3,15H2,1-2H3. The van der Waals surface area contributed by atoms with Gasteiger partial charge in [0.2, 0.25) is 0 Å². The summed E-state index contributed by atoms with van der Waals surface area (Å²) in [5.41, 5.74) is 0.358. The van der Waals surface area contributed by atoms with E-state index in [0.717, 1.165) is 4.31 Å². The average Bonchev–Trinajstić information content (AvgIpc) is 2.74. The predicted octanol–water partition coefficient (Wildman–Crippen LogP) is 5.28. The molecule has 30 heavy (non-hydrogen) atoms. The van der Waals surface area contributed by atoms with Gasteiger partial charge < -0.3 is 9.47 Å². The second-order valence-corrected chi connectivity index (χ2v) is 8.56. The molecule has 0 aliphatic rings. The normalized spacial score (nSPS) is 11.2. The second-order valence-electron chi connectivity index (χ2n) is 6.29. The lowest BCUT2D eigenvalue weighted by Crippen LogP contribution is -2.31. The van der Waals surface area contributed by atoms with Gasteiger partial charge in [-0.15, -0.1) is 0 Å². The maximum absolute atomic E-state index is 14.5. The molecule has 0 amide bonds. The number of sulfonamides is 1. The van der Waals surface area contributed by atoms with Crippen LogP contribution in [0.15, 0.2) is 71.6 Å². The molecule has 5 nitrogen and oxygen atoms in total. The summed E-state index contributed by atoms with van der Waals surface area (Å²) < 4.78 is 53.5. The molecule has 0 aliphatic heterocycles. The summed E-state index contributed by atoms with van der Waals surface area (Å²) in [5.74, 6) is 0.295. The molecule has 0 saturated heterocycles. The Labute approximate surface area is 180 Å². The number of anilines is 1. The van der Waals surface area contributed by atoms with E-state index in [9.17, 15) is 12.8 Å². The van der Waals surface area contributed by atoms with Crippen molar-refractivity contribution < 1.29 is 22.3 Å². The lowest BCUT2D eigenvalue weighted by atomic mass is 10.2. The van der Waals surface area contributed by atoms with Crippen molar-refractivity contribution in [3.8, 4) is 11.5 Å². The van der Waals surface area contributed by atoms with E-state index in [1.807, 2.05) is 0 Å². The van der Waals surface area contributed by atoms with Gasteiger partial charge in [0, 0.05) is 10.6 Å². The van der Waals surface area contributed by atoms with Crippen LogP contribution in [0.4, 0.5) is 10.1 Å². The lowest BCUT2D eigenvalue weighted by molar-refractivity contribution is 0.341. The number of ether oxygens (including phenoxy) is 2. The minimum Gasteiger partial charge on any atom is -0.497 e. The summed E-state index contributed by atoms with van der Waals surface area (Å²) in [6, 6.07) is 16.9. The highest BCUT2D eigenvalue weighted by Crippen LogP contribution is 2.35. The minimum absolute atomic E-state index is 0.0297. The molecule has 8 heteroatoms. The molecule has 0 unspecified atom stereocenters. The maximum Gasteiger partial charge on any atom is 0.264 e. The largest absolute Gasteiger partial charge is 0.497 e. The van der Waals surface area contributed by atoms with Crippen LogP contribution in [0.25, 0.3) is 0 Å². The van der Waals surface area contributed by atoms with E-state index < -0.39 is 15.8 Å². The zero-order valence-electron chi connectivity index (χ0n) is 16.5. The molecule has 0 N–H and O–H groups in total. The number of nitrogens with zero attached hydrogens (tertiary/aromatic N) is 1. The SMILES string of the molecule is CCOc1ccccc1N(Cc1c(F)cccc1Cl)S(=O)(=O)c1ccc(OC)cc1. The molecule has 3 rings (SSSR count). The van der Waals surface area contributed by atoms with Gasteiger partial charge in [-0.05, 0) is 55.5 Å². The molecule has 158 valence electrons. The van der Waals surface area contributed by atoms with Crippen molar-refractivity contribution in [3.63, 3.8) is 0 Å². The number of methoxy groups -OCH3 is 1. The van der Waals surface area contributed by atoms with Gasteiger partial charge >= 0.3 is 0 Å². The summed E-state index contributed by atoms with van der Waals surface area (Å²) in [4.78, 5) is 0.0297. The maximum atomic E-state index is 14.5. The molecule has 0 aliphatic carbocycles. The summed E-state index contributed by atoms with van der Waals surface area (Å²) in [6.45, 7) is 1.84. The first-order valence-corrected chi connectivity index (χ1v) is 11.0. The molecule has 0 radical (unpaired) electrons. The van der Waals surface area contributed by atoms with Crippen molar-refractivity contribution in [1.82, 2.24) is 0 Å². The molecule has 0 bridgehead atoms. The summed E-state index contributed by atoms with van der Waals surface area (Å²) in [7, 11) is -2.58. The Balaban J connectivity index is 2.16. The van der Waals surface area contributed by atoms with Gasteiger partial charge in [-0.25, -0.2) is 12.8 Å². The third-order valence-electron chi connectivity index (χ3n) is 4.44. The Morgan fingerprint density at radius 1 is 1.00 bits per heavy atom. The first-order chi connectivity index (χ1) is 14.4. The Bertz CT molecular complexity index is 1100. The number of hydrogen-bond donors (Lipinski definition) is 0. The van der Waals surface area contributed by atoms with Gasteiger partial charge in [0.25, 0.3) is 10.0 Å². The monoisotopic (exact) mass is 449 g/mol. The number of rotatable bonds is 8. The van der Waals surface area contributed by atoms with Crippen LogP contribution in [-0.2, 0) is 16.6 Å². The van der Waals surface area contributed by atoms with Crippen LogP contribution in [0, 0.1) is 5.82 Å². The fourth-order valence-electron chi connectivity index (χ4n) is 2.94. The summed E-state index contributed by atoms with van der Waals surface area (Å²) in [5, 5.41) is 0.138. The average molecular weight is 450 g/mol. The zero-order chi connectivity index (χ0) is 21.7. The highest BCUT2D eigenvalue weighted by Gasteiger charge is 2.29. The second kappa shape index (κ2) is 9.36. The predicted molar refractivity (Wildman–Crippen MR) is 115 cm³/mol. The van der Waals surface area contributed by atoms with Crippen molar-refractivity contribution in [1.29, 1.82) is 0 Å². The Morgan fingerprint density at radius 3 is 2.33 bits per heavy atom. The van der Waals surface area contributed by atoms with Gasteiger partial charge in [-0.1, -0.05) is 29.8 Å². The number of benzene rings is 3. The van der Waals surface area contributed by atoms with E-state index in [-0.39, 0.29) is 27.7 Å². The van der Waals surface area contributed by atoms with Crippen LogP contribution in [0.2, 0.25) is 5.02 Å². The quantitative estimate of drug-likeness (QED) is 0.469. The van der Waals surface area contributed by atoms with Crippen molar-refractivity contribution in [2.75, 3.05) is 18.0 Å². The fourth-order valence-corrected chi connectivity index (χ4v) is 4.61. The molecule has 0 spiro atoms. The van der Waals surface area contributed by atoms with Gasteiger partial charge in [0.1, 0.15) is 17.3 Å². The van der Waals surface area contributed by atoms with Gasteiger partial charge in [-0.3, -0.25) is 4.31 Å². The topological polar surface area (TPSA) is 55.8 Å². The van der Waals surface area contributed by atoms with Crippen molar-refractivity contribution in [2.24, 2.45) is 0 Å². The van der Waals surface area contributed by atoms with Crippen molar-refractivity contribution in [3.05, 3.63) is 83.1 Å². The van der Waals surface area contributed by atoms with E-state index >= 15 is 0 Å². The van der Waals surface area contributed by atoms with Gasteiger partial charge in [-0.2, -0.15) is 0 Å². The molecule has 0 saturated carbocycles. The van der Waals surface area contributed by atoms with Crippen molar-refractivity contribution >= 4 is 27.3 Å². The number of halogens is 2. The highest BCUT2D eigenvalue weighted by molar-refractivity contribution is 7.92. The Hall–Kier alpha value is -2.77. The molecule has 3 aromatic rings. The van der Waals surface area contributed by atoms with Gasteiger partial charge in [0.15, 0.2) is 0 Å².